The molecular formula is C18H26O7. The number of ether oxygens (including phenoxy) is 6. The Morgan fingerprint density at radius 2 is 1.12 bits per heavy atom. The summed E-state index contributed by atoms with van der Waals surface area (Å²) in [5.41, 5.74) is 0.750. The molecule has 1 fully saturated rings. The van der Waals surface area contributed by atoms with Crippen LogP contribution in [0.3, 0.4) is 0 Å². The van der Waals surface area contributed by atoms with E-state index in [4.69, 9.17) is 28.4 Å². The van der Waals surface area contributed by atoms with Gasteiger partial charge in [0.15, 0.2) is 6.10 Å². The Kier molecular flexibility index (Phi) is 10.1. The first-order valence-corrected chi connectivity index (χ1v) is 8.52. The van der Waals surface area contributed by atoms with Crippen molar-refractivity contribution < 1.29 is 33.2 Å². The van der Waals surface area contributed by atoms with Crippen molar-refractivity contribution in [1.82, 2.24) is 0 Å². The Balaban J connectivity index is 1.86. The van der Waals surface area contributed by atoms with Gasteiger partial charge in [0.2, 0.25) is 0 Å². The molecular weight excluding hydrogens is 328 g/mol. The van der Waals surface area contributed by atoms with Gasteiger partial charge in [-0.15, -0.1) is 0 Å². The molecule has 0 radical (unpaired) electrons. The number of cyclic esters (lactones) is 1. The van der Waals surface area contributed by atoms with Gasteiger partial charge in [0.25, 0.3) is 0 Å². The Hall–Kier alpha value is -1.51. The van der Waals surface area contributed by atoms with Crippen LogP contribution in [0.15, 0.2) is 30.3 Å². The fourth-order valence-corrected chi connectivity index (χ4v) is 2.19. The molecule has 0 saturated carbocycles. The highest BCUT2D eigenvalue weighted by molar-refractivity contribution is 5.76. The van der Waals surface area contributed by atoms with Crippen LogP contribution in [-0.4, -0.2) is 72.0 Å². The van der Waals surface area contributed by atoms with Crippen LogP contribution in [0.1, 0.15) is 11.7 Å². The molecule has 1 aromatic rings. The first kappa shape index (κ1) is 19.8. The smallest absolute Gasteiger partial charge is 0.340 e. The Morgan fingerprint density at radius 3 is 1.68 bits per heavy atom. The van der Waals surface area contributed by atoms with Gasteiger partial charge in [0.05, 0.1) is 59.5 Å². The van der Waals surface area contributed by atoms with Crippen molar-refractivity contribution in [3.05, 3.63) is 35.9 Å². The van der Waals surface area contributed by atoms with Crippen molar-refractivity contribution in [1.29, 1.82) is 0 Å². The number of rotatable bonds is 1. The average molecular weight is 354 g/mol. The Bertz CT molecular complexity index is 466. The zero-order valence-corrected chi connectivity index (χ0v) is 14.4. The van der Waals surface area contributed by atoms with Crippen molar-refractivity contribution in [2.75, 3.05) is 66.1 Å². The standard InChI is InChI=1S/C18H26O7/c19-18-17(16-4-2-1-3-5-16)24-14-12-22-10-8-20-6-7-21-9-11-23-13-15-25-18/h1-5,17H,6-15H2. The molecule has 1 aliphatic heterocycles. The van der Waals surface area contributed by atoms with Gasteiger partial charge in [-0.25, -0.2) is 4.79 Å². The van der Waals surface area contributed by atoms with Crippen molar-refractivity contribution >= 4 is 5.97 Å². The van der Waals surface area contributed by atoms with Gasteiger partial charge in [0.1, 0.15) is 6.61 Å². The number of hydrogen-bond acceptors (Lipinski definition) is 7. The lowest BCUT2D eigenvalue weighted by molar-refractivity contribution is -0.160. The van der Waals surface area contributed by atoms with Crippen molar-refractivity contribution in [3.8, 4) is 0 Å². The zero-order chi connectivity index (χ0) is 17.6. The number of esters is 1. The molecule has 140 valence electrons. The monoisotopic (exact) mass is 354 g/mol. The first-order chi connectivity index (χ1) is 12.4. The van der Waals surface area contributed by atoms with Gasteiger partial charge in [-0.2, -0.15) is 0 Å². The molecule has 7 heteroatoms. The van der Waals surface area contributed by atoms with E-state index in [0.717, 1.165) is 5.56 Å². The van der Waals surface area contributed by atoms with E-state index in [0.29, 0.717) is 52.9 Å². The Morgan fingerprint density at radius 1 is 0.640 bits per heavy atom. The third kappa shape index (κ3) is 8.42. The van der Waals surface area contributed by atoms with Crippen LogP contribution < -0.4 is 0 Å². The summed E-state index contributed by atoms with van der Waals surface area (Å²) in [6.45, 7) is 4.06. The van der Waals surface area contributed by atoms with Gasteiger partial charge in [0, 0.05) is 0 Å². The van der Waals surface area contributed by atoms with Crippen LogP contribution in [0.5, 0.6) is 0 Å². The van der Waals surface area contributed by atoms with E-state index in [9.17, 15) is 4.79 Å². The van der Waals surface area contributed by atoms with Crippen molar-refractivity contribution in [3.63, 3.8) is 0 Å². The predicted octanol–water partition coefficient (Wildman–Crippen LogP) is 1.37. The van der Waals surface area contributed by atoms with E-state index in [-0.39, 0.29) is 13.2 Å². The molecule has 25 heavy (non-hydrogen) atoms. The largest absolute Gasteiger partial charge is 0.461 e. The molecule has 1 atom stereocenters. The third-order valence-corrected chi connectivity index (χ3v) is 3.42. The highest BCUT2D eigenvalue weighted by atomic mass is 16.6. The number of carbonyl (C=O) groups excluding carboxylic acids is 1. The van der Waals surface area contributed by atoms with Gasteiger partial charge in [-0.1, -0.05) is 30.3 Å². The molecule has 0 aromatic heterocycles. The van der Waals surface area contributed by atoms with Crippen LogP contribution in [0.4, 0.5) is 0 Å². The molecule has 0 aliphatic carbocycles. The summed E-state index contributed by atoms with van der Waals surface area (Å²) in [7, 11) is 0. The topological polar surface area (TPSA) is 72.5 Å². The lowest BCUT2D eigenvalue weighted by Crippen LogP contribution is -2.23. The summed E-state index contributed by atoms with van der Waals surface area (Å²) >= 11 is 0. The summed E-state index contributed by atoms with van der Waals surface area (Å²) in [6, 6.07) is 9.26. The molecule has 2 rings (SSSR count). The number of benzene rings is 1. The number of carbonyl (C=O) groups is 1. The van der Waals surface area contributed by atoms with E-state index in [1.807, 2.05) is 30.3 Å². The summed E-state index contributed by atoms with van der Waals surface area (Å²) in [4.78, 5) is 12.3. The quantitative estimate of drug-likeness (QED) is 0.705. The lowest BCUT2D eigenvalue weighted by atomic mass is 10.1. The molecule has 1 unspecified atom stereocenters. The second-order valence-corrected chi connectivity index (χ2v) is 5.28. The zero-order valence-electron chi connectivity index (χ0n) is 14.4. The minimum Gasteiger partial charge on any atom is -0.461 e. The molecule has 1 aliphatic rings. The minimum atomic E-state index is -0.775. The second-order valence-electron chi connectivity index (χ2n) is 5.28. The first-order valence-electron chi connectivity index (χ1n) is 8.52. The molecule has 0 N–H and O–H groups in total. The molecule has 0 bridgehead atoms. The highest BCUT2D eigenvalue weighted by Crippen LogP contribution is 2.18. The van der Waals surface area contributed by atoms with E-state index >= 15 is 0 Å². The average Bonchev–Trinajstić information content (AvgIpc) is 2.64. The van der Waals surface area contributed by atoms with E-state index < -0.39 is 12.1 Å². The van der Waals surface area contributed by atoms with Crippen LogP contribution in [0, 0.1) is 0 Å². The molecule has 1 saturated heterocycles. The van der Waals surface area contributed by atoms with Crippen LogP contribution in [0.25, 0.3) is 0 Å². The highest BCUT2D eigenvalue weighted by Gasteiger charge is 2.22. The maximum absolute atomic E-state index is 12.3. The summed E-state index contributed by atoms with van der Waals surface area (Å²) in [6.07, 6.45) is -0.775. The maximum atomic E-state index is 12.3. The van der Waals surface area contributed by atoms with E-state index in [2.05, 4.69) is 0 Å². The fourth-order valence-electron chi connectivity index (χ4n) is 2.19. The molecule has 1 heterocycles. The lowest BCUT2D eigenvalue weighted by Gasteiger charge is -2.17. The Labute approximate surface area is 148 Å². The predicted molar refractivity (Wildman–Crippen MR) is 89.4 cm³/mol. The van der Waals surface area contributed by atoms with E-state index in [1.165, 1.54) is 0 Å². The molecule has 0 amide bonds. The van der Waals surface area contributed by atoms with Crippen molar-refractivity contribution in [2.45, 2.75) is 6.10 Å². The molecule has 0 spiro atoms. The third-order valence-electron chi connectivity index (χ3n) is 3.42. The van der Waals surface area contributed by atoms with E-state index in [1.54, 1.807) is 0 Å². The molecule has 1 aromatic carbocycles. The van der Waals surface area contributed by atoms with Crippen LogP contribution in [0.2, 0.25) is 0 Å². The fraction of sp³-hybridized carbons (Fsp3) is 0.611. The number of hydrogen-bond donors (Lipinski definition) is 0. The van der Waals surface area contributed by atoms with Gasteiger partial charge in [-0.3, -0.25) is 0 Å². The summed E-state index contributed by atoms with van der Waals surface area (Å²) < 4.78 is 32.5. The SMILES string of the molecule is O=C1OCCOCCOCCOCCOCCOC1c1ccccc1. The second kappa shape index (κ2) is 12.8. The van der Waals surface area contributed by atoms with Crippen LogP contribution in [-0.2, 0) is 33.2 Å². The maximum Gasteiger partial charge on any atom is 0.340 e. The van der Waals surface area contributed by atoms with Gasteiger partial charge >= 0.3 is 5.97 Å². The molecule has 7 nitrogen and oxygen atoms in total. The summed E-state index contributed by atoms with van der Waals surface area (Å²) in [5, 5.41) is 0. The minimum absolute atomic E-state index is 0.172. The normalized spacial score (nSPS) is 23.2. The van der Waals surface area contributed by atoms with Gasteiger partial charge < -0.3 is 28.4 Å². The van der Waals surface area contributed by atoms with Gasteiger partial charge in [-0.05, 0) is 5.56 Å². The van der Waals surface area contributed by atoms with Crippen LogP contribution >= 0.6 is 0 Å². The summed E-state index contributed by atoms with van der Waals surface area (Å²) in [5.74, 6) is -0.435. The van der Waals surface area contributed by atoms with Crippen molar-refractivity contribution in [2.24, 2.45) is 0 Å².